The van der Waals surface area contributed by atoms with E-state index in [4.69, 9.17) is 0 Å². The normalized spacial score (nSPS) is 11.5. The summed E-state index contributed by atoms with van der Waals surface area (Å²) in [6, 6.07) is 5.09. The first-order chi connectivity index (χ1) is 7.43. The van der Waals surface area contributed by atoms with Crippen molar-refractivity contribution in [1.82, 2.24) is 0 Å². The maximum absolute atomic E-state index is 12.4. The fraction of sp³-hybridized carbons (Fsp3) is 0.364. The van der Waals surface area contributed by atoms with Gasteiger partial charge in [-0.1, -0.05) is 18.2 Å². The van der Waals surface area contributed by atoms with E-state index in [0.717, 1.165) is 12.1 Å². The molecule has 16 heavy (non-hydrogen) atoms. The van der Waals surface area contributed by atoms with Gasteiger partial charge in [0.2, 0.25) is 0 Å². The lowest BCUT2D eigenvalue weighted by atomic mass is 10.1. The number of halogens is 3. The third-order valence-electron chi connectivity index (χ3n) is 2.17. The van der Waals surface area contributed by atoms with Crippen molar-refractivity contribution >= 4 is 15.0 Å². The lowest BCUT2D eigenvalue weighted by Crippen LogP contribution is -2.06. The lowest BCUT2D eigenvalue weighted by molar-refractivity contribution is -0.137. The standard InChI is InChI=1S/C11H12F3OP/c12-11(13,14)9-3-1-2-8(6-9)4-5-10(15)7-16/h1-3,6H,4-5,7,16H2. The van der Waals surface area contributed by atoms with Crippen molar-refractivity contribution in [1.29, 1.82) is 0 Å². The van der Waals surface area contributed by atoms with Crippen molar-refractivity contribution in [2.45, 2.75) is 19.0 Å². The summed E-state index contributed by atoms with van der Waals surface area (Å²) in [5, 5.41) is 0. The van der Waals surface area contributed by atoms with E-state index in [-0.39, 0.29) is 12.2 Å². The van der Waals surface area contributed by atoms with Crippen LogP contribution in [0.3, 0.4) is 0 Å². The summed E-state index contributed by atoms with van der Waals surface area (Å²) in [4.78, 5) is 11.0. The smallest absolute Gasteiger partial charge is 0.299 e. The number of rotatable bonds is 4. The highest BCUT2D eigenvalue weighted by Gasteiger charge is 2.30. The van der Waals surface area contributed by atoms with E-state index in [1.807, 2.05) is 0 Å². The average molecular weight is 248 g/mol. The zero-order chi connectivity index (χ0) is 12.2. The van der Waals surface area contributed by atoms with Gasteiger partial charge in [0.05, 0.1) is 5.56 Å². The quantitative estimate of drug-likeness (QED) is 0.748. The molecule has 1 atom stereocenters. The van der Waals surface area contributed by atoms with Gasteiger partial charge in [-0.15, -0.1) is 9.24 Å². The van der Waals surface area contributed by atoms with E-state index in [1.165, 1.54) is 6.07 Å². The van der Waals surface area contributed by atoms with Crippen LogP contribution in [-0.4, -0.2) is 11.9 Å². The first kappa shape index (κ1) is 13.2. The predicted molar refractivity (Wildman–Crippen MR) is 59.3 cm³/mol. The second kappa shape index (κ2) is 5.44. The predicted octanol–water partition coefficient (Wildman–Crippen LogP) is 3.08. The van der Waals surface area contributed by atoms with Crippen LogP contribution >= 0.6 is 9.24 Å². The Balaban J connectivity index is 2.72. The molecule has 0 saturated heterocycles. The fourth-order valence-corrected chi connectivity index (χ4v) is 1.49. The van der Waals surface area contributed by atoms with Crippen LogP contribution in [0.15, 0.2) is 24.3 Å². The van der Waals surface area contributed by atoms with E-state index in [1.54, 1.807) is 6.07 Å². The van der Waals surface area contributed by atoms with E-state index in [0.29, 0.717) is 18.1 Å². The highest BCUT2D eigenvalue weighted by molar-refractivity contribution is 7.18. The van der Waals surface area contributed by atoms with Gasteiger partial charge in [0.15, 0.2) is 0 Å². The second-order valence-electron chi connectivity index (χ2n) is 3.44. The van der Waals surface area contributed by atoms with E-state index < -0.39 is 11.7 Å². The first-order valence-electron chi connectivity index (χ1n) is 4.81. The van der Waals surface area contributed by atoms with Crippen LogP contribution in [-0.2, 0) is 17.4 Å². The van der Waals surface area contributed by atoms with Crippen molar-refractivity contribution in [2.75, 3.05) is 6.16 Å². The molecule has 0 N–H and O–H groups in total. The second-order valence-corrected chi connectivity index (χ2v) is 3.85. The Hall–Kier alpha value is -0.890. The van der Waals surface area contributed by atoms with Crippen LogP contribution in [0.25, 0.3) is 0 Å². The molecule has 0 aliphatic carbocycles. The maximum Gasteiger partial charge on any atom is 0.416 e. The van der Waals surface area contributed by atoms with Gasteiger partial charge >= 0.3 is 6.18 Å². The van der Waals surface area contributed by atoms with Gasteiger partial charge in [0.1, 0.15) is 5.78 Å². The minimum Gasteiger partial charge on any atom is -0.299 e. The minimum atomic E-state index is -4.32. The van der Waals surface area contributed by atoms with Gasteiger partial charge in [0, 0.05) is 12.6 Å². The molecule has 1 nitrogen and oxygen atoms in total. The van der Waals surface area contributed by atoms with Crippen LogP contribution < -0.4 is 0 Å². The molecule has 1 unspecified atom stereocenters. The molecule has 0 spiro atoms. The lowest BCUT2D eigenvalue weighted by Gasteiger charge is -2.08. The van der Waals surface area contributed by atoms with Gasteiger partial charge in [0.25, 0.3) is 0 Å². The van der Waals surface area contributed by atoms with Crippen molar-refractivity contribution in [3.63, 3.8) is 0 Å². The number of ketones is 1. The third-order valence-corrected chi connectivity index (χ3v) is 2.63. The molecule has 0 heterocycles. The zero-order valence-electron chi connectivity index (χ0n) is 8.55. The zero-order valence-corrected chi connectivity index (χ0v) is 9.70. The summed E-state index contributed by atoms with van der Waals surface area (Å²) in [6.07, 6.45) is -3.33. The van der Waals surface area contributed by atoms with E-state index in [2.05, 4.69) is 9.24 Å². The summed E-state index contributed by atoms with van der Waals surface area (Å²) in [7, 11) is 2.30. The Morgan fingerprint density at radius 1 is 1.31 bits per heavy atom. The van der Waals surface area contributed by atoms with Crippen molar-refractivity contribution in [3.05, 3.63) is 35.4 Å². The summed E-state index contributed by atoms with van der Waals surface area (Å²) in [6.45, 7) is 0. The molecule has 0 fully saturated rings. The van der Waals surface area contributed by atoms with Gasteiger partial charge in [-0.3, -0.25) is 4.79 Å². The van der Waals surface area contributed by atoms with Crippen molar-refractivity contribution in [3.8, 4) is 0 Å². The molecule has 1 aromatic carbocycles. The largest absolute Gasteiger partial charge is 0.416 e. The Labute approximate surface area is 94.2 Å². The van der Waals surface area contributed by atoms with Gasteiger partial charge in [-0.05, 0) is 18.1 Å². The summed E-state index contributed by atoms with van der Waals surface area (Å²) in [5.74, 6) is 0.0300. The van der Waals surface area contributed by atoms with Gasteiger partial charge in [-0.2, -0.15) is 13.2 Å². The number of Topliss-reactive ketones (excluding diaryl/α,β-unsaturated/α-hetero) is 1. The number of hydrogen-bond donors (Lipinski definition) is 0. The van der Waals surface area contributed by atoms with Crippen LogP contribution in [0.4, 0.5) is 13.2 Å². The number of carbonyl (C=O) groups excluding carboxylic acids is 1. The Morgan fingerprint density at radius 3 is 2.56 bits per heavy atom. The number of benzene rings is 1. The number of aryl methyl sites for hydroxylation is 1. The summed E-state index contributed by atoms with van der Waals surface area (Å²) < 4.78 is 37.1. The highest BCUT2D eigenvalue weighted by Crippen LogP contribution is 2.29. The molecule has 0 amide bonds. The Morgan fingerprint density at radius 2 is 2.00 bits per heavy atom. The molecule has 88 valence electrons. The molecule has 0 radical (unpaired) electrons. The molecule has 0 aromatic heterocycles. The van der Waals surface area contributed by atoms with Gasteiger partial charge in [-0.25, -0.2) is 0 Å². The fourth-order valence-electron chi connectivity index (χ4n) is 1.29. The molecule has 0 aliphatic heterocycles. The molecule has 0 bridgehead atoms. The summed E-state index contributed by atoms with van der Waals surface area (Å²) >= 11 is 0. The molecule has 1 rings (SSSR count). The minimum absolute atomic E-state index is 0.0300. The monoisotopic (exact) mass is 248 g/mol. The Bertz CT molecular complexity index is 374. The average Bonchev–Trinajstić information content (AvgIpc) is 2.25. The van der Waals surface area contributed by atoms with E-state index >= 15 is 0 Å². The molecule has 1 aromatic rings. The van der Waals surface area contributed by atoms with Crippen molar-refractivity contribution in [2.24, 2.45) is 0 Å². The van der Waals surface area contributed by atoms with E-state index in [9.17, 15) is 18.0 Å². The maximum atomic E-state index is 12.4. The summed E-state index contributed by atoms with van der Waals surface area (Å²) in [5.41, 5.74) is -0.120. The molecular weight excluding hydrogens is 236 g/mol. The van der Waals surface area contributed by atoms with Crippen LogP contribution in [0, 0.1) is 0 Å². The topological polar surface area (TPSA) is 17.1 Å². The van der Waals surface area contributed by atoms with Crippen LogP contribution in [0.1, 0.15) is 17.5 Å². The van der Waals surface area contributed by atoms with Crippen molar-refractivity contribution < 1.29 is 18.0 Å². The molecule has 0 saturated carbocycles. The number of carbonyl (C=O) groups is 1. The number of alkyl halides is 3. The van der Waals surface area contributed by atoms with Crippen LogP contribution in [0.5, 0.6) is 0 Å². The Kier molecular flexibility index (Phi) is 4.48. The van der Waals surface area contributed by atoms with Crippen LogP contribution in [0.2, 0.25) is 0 Å². The third kappa shape index (κ3) is 3.93. The molecular formula is C11H12F3OP. The SMILES string of the molecule is O=C(CP)CCc1cccc(C(F)(F)F)c1. The molecule has 5 heteroatoms. The van der Waals surface area contributed by atoms with Gasteiger partial charge < -0.3 is 0 Å². The first-order valence-corrected chi connectivity index (χ1v) is 5.63. The molecule has 0 aliphatic rings. The highest BCUT2D eigenvalue weighted by atomic mass is 31.0. The number of hydrogen-bond acceptors (Lipinski definition) is 1.